The number of nitrogens with zero attached hydrogens (tertiary/aromatic N) is 4. The van der Waals surface area contributed by atoms with Gasteiger partial charge in [-0.3, -0.25) is 0 Å². The van der Waals surface area contributed by atoms with Crippen LogP contribution in [0.4, 0.5) is 14.6 Å². The van der Waals surface area contributed by atoms with Crippen LogP contribution >= 0.6 is 11.8 Å². The number of benzene rings is 2. The Morgan fingerprint density at radius 2 is 1.81 bits per heavy atom. The van der Waals surface area contributed by atoms with Gasteiger partial charge in [0.05, 0.1) is 19.1 Å². The molecule has 0 saturated carbocycles. The van der Waals surface area contributed by atoms with Gasteiger partial charge in [-0.1, -0.05) is 0 Å². The van der Waals surface area contributed by atoms with Crippen LogP contribution in [0, 0.1) is 11.6 Å². The Kier molecular flexibility index (Phi) is 5.90. The molecule has 10 heteroatoms. The lowest BCUT2D eigenvalue weighted by molar-refractivity contribution is 0.394. The molecule has 4 rings (SSSR count). The van der Waals surface area contributed by atoms with Gasteiger partial charge in [-0.05, 0) is 54.1 Å². The molecule has 0 atom stereocenters. The van der Waals surface area contributed by atoms with E-state index in [-0.39, 0.29) is 5.82 Å². The van der Waals surface area contributed by atoms with Crippen molar-refractivity contribution < 1.29 is 18.3 Å². The zero-order valence-corrected chi connectivity index (χ0v) is 17.6. The second-order valence-corrected chi connectivity index (χ2v) is 7.63. The lowest BCUT2D eigenvalue weighted by atomic mass is 10.1. The number of hydrogen-bond donors (Lipinski definition) is 1. The molecule has 31 heavy (non-hydrogen) atoms. The van der Waals surface area contributed by atoms with Crippen LogP contribution in [0.25, 0.3) is 11.2 Å². The third kappa shape index (κ3) is 4.38. The number of methoxy groups -OCH3 is 2. The number of fused-ring (bicyclic) bond motifs is 1. The second kappa shape index (κ2) is 8.76. The Bertz CT molecular complexity index is 1230. The van der Waals surface area contributed by atoms with Crippen LogP contribution in [0.2, 0.25) is 0 Å². The zero-order chi connectivity index (χ0) is 22.0. The van der Waals surface area contributed by atoms with Gasteiger partial charge in [0, 0.05) is 12.6 Å². The Morgan fingerprint density at radius 1 is 1.03 bits per heavy atom. The predicted octanol–water partition coefficient (Wildman–Crippen LogP) is 4.10. The third-order valence-electron chi connectivity index (χ3n) is 4.64. The van der Waals surface area contributed by atoms with Gasteiger partial charge in [-0.2, -0.15) is 0 Å². The first-order chi connectivity index (χ1) is 15.0. The van der Waals surface area contributed by atoms with E-state index in [0.29, 0.717) is 46.3 Å². The molecule has 160 valence electrons. The summed E-state index contributed by atoms with van der Waals surface area (Å²) in [6, 6.07) is 8.91. The van der Waals surface area contributed by atoms with Crippen molar-refractivity contribution in [1.82, 2.24) is 19.5 Å². The van der Waals surface area contributed by atoms with E-state index in [1.807, 2.05) is 10.6 Å². The number of ether oxygens (including phenoxy) is 2. The summed E-state index contributed by atoms with van der Waals surface area (Å²) in [5, 5.41) is 0.589. The summed E-state index contributed by atoms with van der Waals surface area (Å²) < 4.78 is 39.8. The van der Waals surface area contributed by atoms with Gasteiger partial charge >= 0.3 is 0 Å². The molecule has 2 N–H and O–H groups in total. The molecule has 0 aliphatic carbocycles. The zero-order valence-electron chi connectivity index (χ0n) is 16.8. The molecule has 0 unspecified atom stereocenters. The highest BCUT2D eigenvalue weighted by atomic mass is 32.2. The van der Waals surface area contributed by atoms with Gasteiger partial charge in [0.25, 0.3) is 0 Å². The molecule has 0 spiro atoms. The van der Waals surface area contributed by atoms with Gasteiger partial charge in [-0.15, -0.1) is 0 Å². The van der Waals surface area contributed by atoms with E-state index in [1.54, 1.807) is 26.4 Å². The molecule has 0 aliphatic rings. The number of aryl methyl sites for hydroxylation is 2. The maximum absolute atomic E-state index is 13.6. The Balaban J connectivity index is 1.74. The number of halogens is 2. The van der Waals surface area contributed by atoms with Gasteiger partial charge in [0.15, 0.2) is 22.1 Å². The Hall–Kier alpha value is -3.40. The second-order valence-electron chi connectivity index (χ2n) is 6.62. The molecule has 4 aromatic rings. The normalized spacial score (nSPS) is 11.1. The van der Waals surface area contributed by atoms with Crippen LogP contribution in [0.5, 0.6) is 11.5 Å². The topological polar surface area (TPSA) is 88.1 Å². The minimum Gasteiger partial charge on any atom is -0.497 e. The summed E-state index contributed by atoms with van der Waals surface area (Å²) in [4.78, 5) is 13.7. The average Bonchev–Trinajstić information content (AvgIpc) is 3.10. The molecule has 2 heterocycles. The van der Waals surface area contributed by atoms with Crippen LogP contribution in [0.3, 0.4) is 0 Å². The molecule has 0 amide bonds. The van der Waals surface area contributed by atoms with Crippen LogP contribution in [-0.4, -0.2) is 33.7 Å². The molecule has 0 fully saturated rings. The molecule has 0 bridgehead atoms. The number of rotatable bonds is 7. The standard InChI is InChI=1S/C21H19F2N5O2S/c1-29-15-3-4-16(30-2)17(10-15)31-21-27-18-19(24)25-11-26-20(18)28(21)6-5-12-7-13(22)9-14(23)8-12/h3-4,7-11H,5-6H2,1-2H3,(H2,24,25,26). The minimum atomic E-state index is -0.618. The summed E-state index contributed by atoms with van der Waals surface area (Å²) in [5.41, 5.74) is 7.52. The Labute approximate surface area is 181 Å². The number of nitrogens with two attached hydrogens (primary N) is 1. The summed E-state index contributed by atoms with van der Waals surface area (Å²) >= 11 is 1.35. The highest BCUT2D eigenvalue weighted by molar-refractivity contribution is 7.99. The van der Waals surface area contributed by atoms with E-state index >= 15 is 0 Å². The molecular weight excluding hydrogens is 424 g/mol. The average molecular weight is 443 g/mol. The first-order valence-electron chi connectivity index (χ1n) is 9.30. The van der Waals surface area contributed by atoms with E-state index in [2.05, 4.69) is 15.0 Å². The highest BCUT2D eigenvalue weighted by Crippen LogP contribution is 2.38. The SMILES string of the molecule is COc1ccc(OC)c(Sc2nc3c(N)ncnc3n2CCc2cc(F)cc(F)c2)c1. The predicted molar refractivity (Wildman–Crippen MR) is 113 cm³/mol. The fourth-order valence-electron chi connectivity index (χ4n) is 3.17. The van der Waals surface area contributed by atoms with Crippen LogP contribution in [0.15, 0.2) is 52.8 Å². The summed E-state index contributed by atoms with van der Waals surface area (Å²) in [6.07, 6.45) is 1.73. The lowest BCUT2D eigenvalue weighted by Crippen LogP contribution is -2.05. The van der Waals surface area contributed by atoms with E-state index in [1.165, 1.54) is 30.2 Å². The van der Waals surface area contributed by atoms with Gasteiger partial charge in [0.1, 0.15) is 29.5 Å². The van der Waals surface area contributed by atoms with Crippen molar-refractivity contribution in [2.75, 3.05) is 20.0 Å². The summed E-state index contributed by atoms with van der Waals surface area (Å²) in [7, 11) is 3.16. The molecule has 0 aliphatic heterocycles. The summed E-state index contributed by atoms with van der Waals surface area (Å²) in [5.74, 6) is 0.330. The number of hydrogen-bond acceptors (Lipinski definition) is 7. The maximum Gasteiger partial charge on any atom is 0.175 e. The van der Waals surface area contributed by atoms with Gasteiger partial charge in [0.2, 0.25) is 0 Å². The van der Waals surface area contributed by atoms with Crippen molar-refractivity contribution in [2.45, 2.75) is 23.0 Å². The van der Waals surface area contributed by atoms with E-state index in [9.17, 15) is 8.78 Å². The molecule has 7 nitrogen and oxygen atoms in total. The Morgan fingerprint density at radius 3 is 2.52 bits per heavy atom. The first kappa shape index (κ1) is 20.9. The fraction of sp³-hybridized carbons (Fsp3) is 0.190. The summed E-state index contributed by atoms with van der Waals surface area (Å²) in [6.45, 7) is 0.379. The molecule has 0 radical (unpaired) electrons. The van der Waals surface area contributed by atoms with Gasteiger partial charge in [-0.25, -0.2) is 23.7 Å². The third-order valence-corrected chi connectivity index (χ3v) is 5.68. The number of nitrogen functional groups attached to an aromatic ring is 1. The molecule has 0 saturated heterocycles. The van der Waals surface area contributed by atoms with Crippen LogP contribution in [0.1, 0.15) is 5.56 Å². The van der Waals surface area contributed by atoms with Crippen molar-refractivity contribution in [2.24, 2.45) is 0 Å². The van der Waals surface area contributed by atoms with Crippen molar-refractivity contribution in [3.05, 3.63) is 59.9 Å². The molecular formula is C21H19F2N5O2S. The van der Waals surface area contributed by atoms with E-state index in [4.69, 9.17) is 15.2 Å². The molecule has 2 aromatic carbocycles. The number of anilines is 1. The maximum atomic E-state index is 13.6. The van der Waals surface area contributed by atoms with Crippen molar-refractivity contribution in [3.8, 4) is 11.5 Å². The van der Waals surface area contributed by atoms with E-state index < -0.39 is 11.6 Å². The van der Waals surface area contributed by atoms with E-state index in [0.717, 1.165) is 11.0 Å². The highest BCUT2D eigenvalue weighted by Gasteiger charge is 2.18. The molecule has 2 aromatic heterocycles. The first-order valence-corrected chi connectivity index (χ1v) is 10.1. The minimum absolute atomic E-state index is 0.250. The lowest BCUT2D eigenvalue weighted by Gasteiger charge is -2.12. The van der Waals surface area contributed by atoms with Crippen LogP contribution in [-0.2, 0) is 13.0 Å². The van der Waals surface area contributed by atoms with Crippen molar-refractivity contribution in [3.63, 3.8) is 0 Å². The monoisotopic (exact) mass is 443 g/mol. The largest absolute Gasteiger partial charge is 0.497 e. The number of imidazole rings is 1. The van der Waals surface area contributed by atoms with Crippen molar-refractivity contribution >= 4 is 28.7 Å². The van der Waals surface area contributed by atoms with Crippen LogP contribution < -0.4 is 15.2 Å². The quantitative estimate of drug-likeness (QED) is 0.460. The number of aromatic nitrogens is 4. The van der Waals surface area contributed by atoms with Gasteiger partial charge < -0.3 is 19.8 Å². The van der Waals surface area contributed by atoms with Crippen molar-refractivity contribution in [1.29, 1.82) is 0 Å². The fourth-order valence-corrected chi connectivity index (χ4v) is 4.22. The smallest absolute Gasteiger partial charge is 0.175 e.